The molecule has 1 aromatic carbocycles. The summed E-state index contributed by atoms with van der Waals surface area (Å²) in [5, 5.41) is 6.82. The van der Waals surface area contributed by atoms with Crippen molar-refractivity contribution >= 4 is 11.9 Å². The average molecular weight is 373 g/mol. The number of carbonyl (C=O) groups excluding carboxylic acids is 1. The largest absolute Gasteiger partial charge is 0.493 e. The molecule has 2 N–H and O–H groups in total. The molecule has 1 atom stereocenters. The van der Waals surface area contributed by atoms with Crippen LogP contribution >= 0.6 is 0 Å². The zero-order valence-electron chi connectivity index (χ0n) is 16.7. The van der Waals surface area contributed by atoms with Crippen molar-refractivity contribution in [3.8, 4) is 5.75 Å². The number of guanidine groups is 1. The molecule has 1 saturated heterocycles. The van der Waals surface area contributed by atoms with Crippen LogP contribution < -0.4 is 15.4 Å². The van der Waals surface area contributed by atoms with E-state index in [9.17, 15) is 4.79 Å². The van der Waals surface area contributed by atoms with E-state index in [1.807, 2.05) is 36.9 Å². The lowest BCUT2D eigenvalue weighted by molar-refractivity contribution is -0.133. The van der Waals surface area contributed by atoms with E-state index in [1.54, 1.807) is 7.05 Å². The van der Waals surface area contributed by atoms with Crippen LogP contribution in [0.15, 0.2) is 29.3 Å². The van der Waals surface area contributed by atoms with Gasteiger partial charge >= 0.3 is 0 Å². The predicted octanol–water partition coefficient (Wildman–Crippen LogP) is 2.40. The summed E-state index contributed by atoms with van der Waals surface area (Å²) in [4.78, 5) is 18.4. The summed E-state index contributed by atoms with van der Waals surface area (Å²) >= 11 is 0. The van der Waals surface area contributed by atoms with E-state index in [2.05, 4.69) is 21.7 Å². The number of ether oxygens (including phenoxy) is 1. The van der Waals surface area contributed by atoms with Gasteiger partial charge in [-0.3, -0.25) is 9.79 Å². The standard InChI is InChI=1S/C21H32N4O2/c1-15(2)20(26)25-11-10-18(13-25)24-21(22-3)23-12-17-6-4-5-7-19(17)27-14-16-8-9-16/h4-7,15-16,18H,8-14H2,1-3H3,(H2,22,23,24). The molecular formula is C21H32N4O2. The van der Waals surface area contributed by atoms with Gasteiger partial charge in [0.15, 0.2) is 5.96 Å². The first kappa shape index (κ1) is 19.5. The highest BCUT2D eigenvalue weighted by atomic mass is 16.5. The molecule has 1 saturated carbocycles. The number of aliphatic imine (C=N–C) groups is 1. The summed E-state index contributed by atoms with van der Waals surface area (Å²) in [6.07, 6.45) is 3.52. The number of nitrogens with zero attached hydrogens (tertiary/aromatic N) is 2. The number of amides is 1. The minimum atomic E-state index is 0.0494. The Hall–Kier alpha value is -2.24. The van der Waals surface area contributed by atoms with Crippen molar-refractivity contribution < 1.29 is 9.53 Å². The lowest BCUT2D eigenvalue weighted by atomic mass is 10.2. The first-order valence-corrected chi connectivity index (χ1v) is 10.0. The molecular weight excluding hydrogens is 340 g/mol. The van der Waals surface area contributed by atoms with E-state index in [0.29, 0.717) is 6.54 Å². The van der Waals surface area contributed by atoms with Gasteiger partial charge in [0.1, 0.15) is 5.75 Å². The van der Waals surface area contributed by atoms with E-state index in [-0.39, 0.29) is 17.9 Å². The molecule has 3 rings (SSSR count). The van der Waals surface area contributed by atoms with Gasteiger partial charge in [-0.25, -0.2) is 0 Å². The van der Waals surface area contributed by atoms with Crippen LogP contribution in [0.5, 0.6) is 5.75 Å². The highest BCUT2D eigenvalue weighted by Crippen LogP contribution is 2.30. The molecule has 0 aromatic heterocycles. The number of rotatable bonds is 7. The Labute approximate surface area is 162 Å². The Balaban J connectivity index is 1.49. The highest BCUT2D eigenvalue weighted by Gasteiger charge is 2.28. The SMILES string of the molecule is CN=C(NCc1ccccc1OCC1CC1)NC1CCN(C(=O)C(C)C)C1. The fourth-order valence-corrected chi connectivity index (χ4v) is 3.29. The Morgan fingerprint density at radius 3 is 2.78 bits per heavy atom. The molecule has 1 aliphatic heterocycles. The van der Waals surface area contributed by atoms with Gasteiger partial charge in [-0.15, -0.1) is 0 Å². The third kappa shape index (κ3) is 5.62. The lowest BCUT2D eigenvalue weighted by Crippen LogP contribution is -2.45. The molecule has 2 aliphatic rings. The van der Waals surface area contributed by atoms with E-state index in [1.165, 1.54) is 12.8 Å². The maximum atomic E-state index is 12.1. The zero-order chi connectivity index (χ0) is 19.2. The van der Waals surface area contributed by atoms with Gasteiger partial charge in [0, 0.05) is 44.2 Å². The summed E-state index contributed by atoms with van der Waals surface area (Å²) in [6, 6.07) is 8.39. The molecule has 1 unspecified atom stereocenters. The molecule has 148 valence electrons. The van der Waals surface area contributed by atoms with Gasteiger partial charge in [0.2, 0.25) is 5.91 Å². The smallest absolute Gasteiger partial charge is 0.225 e. The summed E-state index contributed by atoms with van der Waals surface area (Å²) < 4.78 is 5.98. The monoisotopic (exact) mass is 372 g/mol. The Kier molecular flexibility index (Phi) is 6.58. The van der Waals surface area contributed by atoms with Crippen LogP contribution in [0.4, 0.5) is 0 Å². The van der Waals surface area contributed by atoms with Crippen LogP contribution in [-0.4, -0.2) is 49.6 Å². The summed E-state index contributed by atoms with van der Waals surface area (Å²) in [5.41, 5.74) is 1.13. The van der Waals surface area contributed by atoms with Crippen LogP contribution in [0.25, 0.3) is 0 Å². The fourth-order valence-electron chi connectivity index (χ4n) is 3.29. The molecule has 2 fully saturated rings. The van der Waals surface area contributed by atoms with Crippen molar-refractivity contribution in [2.75, 3.05) is 26.7 Å². The minimum absolute atomic E-state index is 0.0494. The molecule has 1 heterocycles. The van der Waals surface area contributed by atoms with E-state index < -0.39 is 0 Å². The van der Waals surface area contributed by atoms with Crippen molar-refractivity contribution in [1.82, 2.24) is 15.5 Å². The first-order valence-electron chi connectivity index (χ1n) is 10.0. The zero-order valence-corrected chi connectivity index (χ0v) is 16.7. The number of para-hydroxylation sites is 1. The number of likely N-dealkylation sites (tertiary alicyclic amines) is 1. The molecule has 0 radical (unpaired) electrons. The fraction of sp³-hybridized carbons (Fsp3) is 0.619. The second kappa shape index (κ2) is 9.11. The highest BCUT2D eigenvalue weighted by molar-refractivity contribution is 5.81. The van der Waals surface area contributed by atoms with Gasteiger partial charge in [-0.1, -0.05) is 32.0 Å². The predicted molar refractivity (Wildman–Crippen MR) is 108 cm³/mol. The van der Waals surface area contributed by atoms with Crippen LogP contribution in [0, 0.1) is 11.8 Å². The molecule has 1 aliphatic carbocycles. The van der Waals surface area contributed by atoms with Crippen molar-refractivity contribution in [3.05, 3.63) is 29.8 Å². The van der Waals surface area contributed by atoms with Crippen molar-refractivity contribution in [2.45, 2.75) is 45.7 Å². The van der Waals surface area contributed by atoms with E-state index in [0.717, 1.165) is 49.3 Å². The second-order valence-corrected chi connectivity index (χ2v) is 7.86. The molecule has 27 heavy (non-hydrogen) atoms. The minimum Gasteiger partial charge on any atom is -0.493 e. The number of nitrogens with one attached hydrogen (secondary N) is 2. The van der Waals surface area contributed by atoms with Crippen molar-refractivity contribution in [3.63, 3.8) is 0 Å². The molecule has 0 bridgehead atoms. The lowest BCUT2D eigenvalue weighted by Gasteiger charge is -2.20. The molecule has 6 heteroatoms. The van der Waals surface area contributed by atoms with Crippen LogP contribution in [0.3, 0.4) is 0 Å². The van der Waals surface area contributed by atoms with Crippen LogP contribution in [-0.2, 0) is 11.3 Å². The van der Waals surface area contributed by atoms with Gasteiger partial charge in [-0.05, 0) is 31.2 Å². The average Bonchev–Trinajstić information content (AvgIpc) is 3.39. The Morgan fingerprint density at radius 1 is 1.30 bits per heavy atom. The van der Waals surface area contributed by atoms with Crippen molar-refractivity contribution in [1.29, 1.82) is 0 Å². The third-order valence-electron chi connectivity index (χ3n) is 5.15. The first-order chi connectivity index (χ1) is 13.1. The summed E-state index contributed by atoms with van der Waals surface area (Å²) in [7, 11) is 1.77. The molecule has 6 nitrogen and oxygen atoms in total. The van der Waals surface area contributed by atoms with Crippen molar-refractivity contribution in [2.24, 2.45) is 16.8 Å². The maximum absolute atomic E-state index is 12.1. The van der Waals surface area contributed by atoms with Crippen LogP contribution in [0.1, 0.15) is 38.7 Å². The van der Waals surface area contributed by atoms with Crippen LogP contribution in [0.2, 0.25) is 0 Å². The molecule has 0 spiro atoms. The summed E-state index contributed by atoms with van der Waals surface area (Å²) in [5.74, 6) is 2.72. The number of hydrogen-bond acceptors (Lipinski definition) is 3. The van der Waals surface area contributed by atoms with Gasteiger partial charge < -0.3 is 20.3 Å². The normalized spacial score (nSPS) is 20.1. The Bertz CT molecular complexity index is 670. The van der Waals surface area contributed by atoms with E-state index >= 15 is 0 Å². The second-order valence-electron chi connectivity index (χ2n) is 7.86. The molecule has 1 aromatic rings. The maximum Gasteiger partial charge on any atom is 0.225 e. The Morgan fingerprint density at radius 2 is 2.07 bits per heavy atom. The van der Waals surface area contributed by atoms with E-state index in [4.69, 9.17) is 4.74 Å². The molecule has 1 amide bonds. The number of hydrogen-bond donors (Lipinski definition) is 2. The van der Waals surface area contributed by atoms with Gasteiger partial charge in [-0.2, -0.15) is 0 Å². The quantitative estimate of drug-likeness (QED) is 0.570. The van der Waals surface area contributed by atoms with Gasteiger partial charge in [0.25, 0.3) is 0 Å². The third-order valence-corrected chi connectivity index (χ3v) is 5.15. The number of carbonyl (C=O) groups is 1. The number of benzene rings is 1. The summed E-state index contributed by atoms with van der Waals surface area (Å²) in [6.45, 7) is 6.91. The van der Waals surface area contributed by atoms with Gasteiger partial charge in [0.05, 0.1) is 6.61 Å². The topological polar surface area (TPSA) is 66.0 Å².